The molecule has 2 aliphatic rings. The zero-order valence-electron chi connectivity index (χ0n) is 12.2. The Morgan fingerprint density at radius 3 is 2.53 bits per heavy atom. The zero-order valence-corrected chi connectivity index (χ0v) is 13.0. The van der Waals surface area contributed by atoms with Gasteiger partial charge in [-0.25, -0.2) is 0 Å². The van der Waals surface area contributed by atoms with E-state index in [9.17, 15) is 10.2 Å². The summed E-state index contributed by atoms with van der Waals surface area (Å²) in [6.45, 7) is 4.65. The topological polar surface area (TPSA) is 49.7 Å². The number of thioether (sulfide) groups is 1. The smallest absolute Gasteiger partial charge is 0.0903 e. The predicted molar refractivity (Wildman–Crippen MR) is 79.5 cm³/mol. The van der Waals surface area contributed by atoms with Crippen molar-refractivity contribution in [2.75, 3.05) is 18.1 Å². The third-order valence-electron chi connectivity index (χ3n) is 5.16. The fraction of sp³-hybridized carbons (Fsp3) is 1.00. The lowest BCUT2D eigenvalue weighted by Gasteiger charge is -2.47. The van der Waals surface area contributed by atoms with Crippen molar-refractivity contribution >= 4 is 11.8 Å². The average Bonchev–Trinajstić information content (AvgIpc) is 2.46. The summed E-state index contributed by atoms with van der Waals surface area (Å²) in [6, 6.07) is 0. The molecule has 2 rings (SSSR count). The van der Waals surface area contributed by atoms with Gasteiger partial charge in [-0.1, -0.05) is 13.8 Å². The fourth-order valence-electron chi connectivity index (χ4n) is 3.53. The van der Waals surface area contributed by atoms with Crippen LogP contribution in [-0.2, 0) is 4.74 Å². The molecule has 2 N–H and O–H groups in total. The molecule has 2 aliphatic heterocycles. The van der Waals surface area contributed by atoms with E-state index in [-0.39, 0.29) is 11.5 Å². The molecule has 0 saturated carbocycles. The SMILES string of the molecule is CCC(O)(CC)C(O)C1CCOC2(CCSCC2)C1. The van der Waals surface area contributed by atoms with E-state index in [1.165, 1.54) is 0 Å². The zero-order chi connectivity index (χ0) is 13.9. The maximum absolute atomic E-state index is 10.6. The van der Waals surface area contributed by atoms with Gasteiger partial charge in [0.1, 0.15) is 0 Å². The van der Waals surface area contributed by atoms with Gasteiger partial charge < -0.3 is 14.9 Å². The van der Waals surface area contributed by atoms with Gasteiger partial charge in [0.2, 0.25) is 0 Å². The number of rotatable bonds is 4. The standard InChI is InChI=1S/C15H28O3S/c1-3-15(17,4-2)13(16)12-5-8-18-14(11-12)6-9-19-10-7-14/h12-13,16-17H,3-11H2,1-2H3. The fourth-order valence-corrected chi connectivity index (χ4v) is 4.77. The van der Waals surface area contributed by atoms with Crippen LogP contribution >= 0.6 is 11.8 Å². The molecule has 0 bridgehead atoms. The number of aliphatic hydroxyl groups excluding tert-OH is 1. The number of hydrogen-bond acceptors (Lipinski definition) is 4. The Labute approximate surface area is 121 Å². The van der Waals surface area contributed by atoms with Crippen molar-refractivity contribution in [3.63, 3.8) is 0 Å². The summed E-state index contributed by atoms with van der Waals surface area (Å²) < 4.78 is 6.06. The van der Waals surface area contributed by atoms with Crippen LogP contribution in [0.5, 0.6) is 0 Å². The van der Waals surface area contributed by atoms with Crippen LogP contribution < -0.4 is 0 Å². The van der Waals surface area contributed by atoms with E-state index in [0.29, 0.717) is 12.8 Å². The monoisotopic (exact) mass is 288 g/mol. The molecule has 4 heteroatoms. The molecule has 112 valence electrons. The van der Waals surface area contributed by atoms with Crippen LogP contribution in [0.25, 0.3) is 0 Å². The van der Waals surface area contributed by atoms with Crippen molar-refractivity contribution in [3.8, 4) is 0 Å². The van der Waals surface area contributed by atoms with Crippen LogP contribution in [0.3, 0.4) is 0 Å². The summed E-state index contributed by atoms with van der Waals surface area (Å²) in [5.41, 5.74) is -0.940. The van der Waals surface area contributed by atoms with Crippen molar-refractivity contribution in [2.24, 2.45) is 5.92 Å². The molecule has 0 aromatic carbocycles. The van der Waals surface area contributed by atoms with Crippen LogP contribution in [0.15, 0.2) is 0 Å². The first-order valence-electron chi connectivity index (χ1n) is 7.67. The maximum Gasteiger partial charge on any atom is 0.0903 e. The van der Waals surface area contributed by atoms with Crippen LogP contribution in [0.4, 0.5) is 0 Å². The molecular weight excluding hydrogens is 260 g/mol. The van der Waals surface area contributed by atoms with Crippen LogP contribution in [0, 0.1) is 5.92 Å². The van der Waals surface area contributed by atoms with Crippen molar-refractivity contribution in [1.29, 1.82) is 0 Å². The predicted octanol–water partition coefficient (Wildman–Crippen LogP) is 2.59. The lowest BCUT2D eigenvalue weighted by atomic mass is 9.74. The Morgan fingerprint density at radius 1 is 1.32 bits per heavy atom. The minimum absolute atomic E-state index is 0.0163. The second-order valence-corrected chi connectivity index (χ2v) is 7.38. The van der Waals surface area contributed by atoms with Crippen molar-refractivity contribution in [3.05, 3.63) is 0 Å². The summed E-state index contributed by atoms with van der Waals surface area (Å²) in [5.74, 6) is 2.50. The summed E-state index contributed by atoms with van der Waals surface area (Å²) in [5, 5.41) is 21.1. The molecular formula is C15H28O3S. The lowest BCUT2D eigenvalue weighted by molar-refractivity contribution is -0.161. The van der Waals surface area contributed by atoms with Gasteiger partial charge in [-0.15, -0.1) is 0 Å². The van der Waals surface area contributed by atoms with Gasteiger partial charge in [0.05, 0.1) is 17.3 Å². The number of hydrogen-bond donors (Lipinski definition) is 2. The summed E-state index contributed by atoms with van der Waals surface area (Å²) in [7, 11) is 0. The molecule has 0 aromatic rings. The Morgan fingerprint density at radius 2 is 1.95 bits per heavy atom. The first kappa shape index (κ1) is 15.6. The normalized spacial score (nSPS) is 29.4. The highest BCUT2D eigenvalue weighted by molar-refractivity contribution is 7.99. The third kappa shape index (κ3) is 3.29. The second kappa shape index (κ2) is 6.33. The van der Waals surface area contributed by atoms with Gasteiger partial charge in [-0.3, -0.25) is 0 Å². The summed E-state index contributed by atoms with van der Waals surface area (Å²) >= 11 is 1.99. The third-order valence-corrected chi connectivity index (χ3v) is 6.14. The largest absolute Gasteiger partial charge is 0.390 e. The lowest BCUT2D eigenvalue weighted by Crippen LogP contribution is -2.52. The number of ether oxygens (including phenoxy) is 1. The van der Waals surface area contributed by atoms with Crippen LogP contribution in [0.1, 0.15) is 52.4 Å². The van der Waals surface area contributed by atoms with E-state index in [0.717, 1.165) is 43.8 Å². The van der Waals surface area contributed by atoms with Crippen LogP contribution in [0.2, 0.25) is 0 Å². The van der Waals surface area contributed by atoms with Gasteiger partial charge in [-0.2, -0.15) is 11.8 Å². The minimum Gasteiger partial charge on any atom is -0.390 e. The average molecular weight is 288 g/mol. The van der Waals surface area contributed by atoms with E-state index in [1.807, 2.05) is 25.6 Å². The van der Waals surface area contributed by atoms with E-state index >= 15 is 0 Å². The Kier molecular flexibility index (Phi) is 5.21. The van der Waals surface area contributed by atoms with E-state index in [4.69, 9.17) is 4.74 Å². The molecule has 0 aromatic heterocycles. The Bertz CT molecular complexity index is 280. The number of aliphatic hydroxyl groups is 2. The van der Waals surface area contributed by atoms with Gasteiger partial charge in [0.25, 0.3) is 0 Å². The van der Waals surface area contributed by atoms with E-state index in [2.05, 4.69) is 0 Å². The second-order valence-electron chi connectivity index (χ2n) is 6.15. The highest BCUT2D eigenvalue weighted by atomic mass is 32.2. The highest BCUT2D eigenvalue weighted by Gasteiger charge is 2.45. The molecule has 0 amide bonds. The first-order chi connectivity index (χ1) is 9.05. The van der Waals surface area contributed by atoms with Gasteiger partial charge in [-0.05, 0) is 55.9 Å². The van der Waals surface area contributed by atoms with Gasteiger partial charge in [0.15, 0.2) is 0 Å². The molecule has 2 fully saturated rings. The Balaban J connectivity index is 2.04. The van der Waals surface area contributed by atoms with E-state index < -0.39 is 11.7 Å². The Hall–Kier alpha value is 0.230. The molecule has 2 unspecified atom stereocenters. The minimum atomic E-state index is -0.924. The van der Waals surface area contributed by atoms with Gasteiger partial charge >= 0.3 is 0 Å². The first-order valence-corrected chi connectivity index (χ1v) is 8.83. The summed E-state index contributed by atoms with van der Waals surface area (Å²) in [6.07, 6.45) is 4.60. The molecule has 3 nitrogen and oxygen atoms in total. The quantitative estimate of drug-likeness (QED) is 0.835. The molecule has 0 radical (unpaired) electrons. The molecule has 2 saturated heterocycles. The van der Waals surface area contributed by atoms with Crippen molar-refractivity contribution < 1.29 is 14.9 Å². The summed E-state index contributed by atoms with van der Waals surface area (Å²) in [4.78, 5) is 0. The van der Waals surface area contributed by atoms with Crippen molar-refractivity contribution in [1.82, 2.24) is 0 Å². The maximum atomic E-state index is 10.6. The highest BCUT2D eigenvalue weighted by Crippen LogP contribution is 2.42. The van der Waals surface area contributed by atoms with Gasteiger partial charge in [0, 0.05) is 6.61 Å². The van der Waals surface area contributed by atoms with Crippen molar-refractivity contribution in [2.45, 2.75) is 69.7 Å². The molecule has 19 heavy (non-hydrogen) atoms. The molecule has 2 heterocycles. The van der Waals surface area contributed by atoms with Crippen LogP contribution in [-0.4, -0.2) is 45.6 Å². The molecule has 0 aliphatic carbocycles. The molecule has 1 spiro atoms. The molecule has 2 atom stereocenters. The van der Waals surface area contributed by atoms with E-state index in [1.54, 1.807) is 0 Å².